The van der Waals surface area contributed by atoms with Crippen LogP contribution in [-0.4, -0.2) is 36.2 Å². The summed E-state index contributed by atoms with van der Waals surface area (Å²) in [4.78, 5) is 12.0. The van der Waals surface area contributed by atoms with Crippen molar-refractivity contribution in [3.8, 4) is 0 Å². The van der Waals surface area contributed by atoms with Crippen LogP contribution in [-0.2, 0) is 4.79 Å². The van der Waals surface area contributed by atoms with Crippen molar-refractivity contribution >= 4 is 5.91 Å². The molecule has 1 aliphatic carbocycles. The molecule has 4 heteroatoms. The Bertz CT molecular complexity index is 330. The van der Waals surface area contributed by atoms with Crippen molar-refractivity contribution < 1.29 is 9.90 Å². The smallest absolute Gasteiger partial charge is 0.237 e. The third-order valence-corrected chi connectivity index (χ3v) is 5.06. The highest BCUT2D eigenvalue weighted by molar-refractivity contribution is 5.82. The van der Waals surface area contributed by atoms with E-state index in [2.05, 4.69) is 31.4 Å². The molecule has 1 amide bonds. The summed E-state index contributed by atoms with van der Waals surface area (Å²) in [6, 6.07) is -0.198. The summed E-state index contributed by atoms with van der Waals surface area (Å²) in [5.41, 5.74) is 0.415. The molecule has 0 aromatic rings. The molecule has 1 saturated carbocycles. The van der Waals surface area contributed by atoms with Gasteiger partial charge in [-0.2, -0.15) is 0 Å². The molecule has 2 atom stereocenters. The van der Waals surface area contributed by atoms with Gasteiger partial charge in [0, 0.05) is 13.1 Å². The highest BCUT2D eigenvalue weighted by atomic mass is 16.3. The minimum Gasteiger partial charge on any atom is -0.392 e. The Morgan fingerprint density at radius 2 is 1.90 bits per heavy atom. The topological polar surface area (TPSA) is 61.4 Å². The summed E-state index contributed by atoms with van der Waals surface area (Å²) in [5, 5.41) is 15.5. The molecular formula is C16H30N2O2. The summed E-state index contributed by atoms with van der Waals surface area (Å²) >= 11 is 0. The second-order valence-corrected chi connectivity index (χ2v) is 7.68. The largest absolute Gasteiger partial charge is 0.392 e. The predicted molar refractivity (Wildman–Crippen MR) is 80.3 cm³/mol. The Hall–Kier alpha value is -0.610. The van der Waals surface area contributed by atoms with Crippen LogP contribution in [0.15, 0.2) is 0 Å². The number of aliphatic hydroxyl groups excluding tert-OH is 1. The van der Waals surface area contributed by atoms with E-state index in [4.69, 9.17) is 0 Å². The SMILES string of the molecule is CC(C)(C)C1CCC(CNC(=O)C2CC(O)CN2)CC1. The molecule has 0 aromatic heterocycles. The van der Waals surface area contributed by atoms with Crippen LogP contribution in [0.25, 0.3) is 0 Å². The maximum Gasteiger partial charge on any atom is 0.237 e. The number of amides is 1. The van der Waals surface area contributed by atoms with E-state index in [1.165, 1.54) is 25.7 Å². The van der Waals surface area contributed by atoms with Crippen LogP contribution in [0.4, 0.5) is 0 Å². The number of carbonyl (C=O) groups is 1. The third-order valence-electron chi connectivity index (χ3n) is 5.06. The summed E-state index contributed by atoms with van der Waals surface area (Å²) < 4.78 is 0. The molecule has 1 saturated heterocycles. The molecule has 2 aliphatic rings. The number of rotatable bonds is 3. The fourth-order valence-electron chi connectivity index (χ4n) is 3.52. The quantitative estimate of drug-likeness (QED) is 0.738. The lowest BCUT2D eigenvalue weighted by Gasteiger charge is -2.37. The molecule has 2 rings (SSSR count). The Morgan fingerprint density at radius 3 is 2.40 bits per heavy atom. The molecule has 0 bridgehead atoms. The van der Waals surface area contributed by atoms with E-state index in [0.717, 1.165) is 12.5 Å². The number of aliphatic hydroxyl groups is 1. The van der Waals surface area contributed by atoms with Gasteiger partial charge < -0.3 is 15.7 Å². The van der Waals surface area contributed by atoms with Gasteiger partial charge >= 0.3 is 0 Å². The Balaban J connectivity index is 1.67. The molecule has 2 unspecified atom stereocenters. The van der Waals surface area contributed by atoms with E-state index in [-0.39, 0.29) is 18.1 Å². The van der Waals surface area contributed by atoms with E-state index < -0.39 is 0 Å². The summed E-state index contributed by atoms with van der Waals surface area (Å²) in [6.07, 6.45) is 5.19. The van der Waals surface area contributed by atoms with Gasteiger partial charge in [-0.15, -0.1) is 0 Å². The molecule has 4 nitrogen and oxygen atoms in total. The van der Waals surface area contributed by atoms with E-state index >= 15 is 0 Å². The third kappa shape index (κ3) is 4.19. The van der Waals surface area contributed by atoms with Crippen molar-refractivity contribution in [2.75, 3.05) is 13.1 Å². The average Bonchev–Trinajstić information content (AvgIpc) is 2.82. The van der Waals surface area contributed by atoms with Crippen molar-refractivity contribution in [1.29, 1.82) is 0 Å². The Kier molecular flexibility index (Phi) is 5.08. The molecule has 0 aromatic carbocycles. The molecule has 2 fully saturated rings. The highest BCUT2D eigenvalue weighted by Gasteiger charge is 2.31. The van der Waals surface area contributed by atoms with Crippen molar-refractivity contribution in [1.82, 2.24) is 10.6 Å². The van der Waals surface area contributed by atoms with E-state index in [0.29, 0.717) is 24.3 Å². The van der Waals surface area contributed by atoms with Crippen molar-refractivity contribution in [3.63, 3.8) is 0 Å². The van der Waals surface area contributed by atoms with Crippen molar-refractivity contribution in [2.24, 2.45) is 17.3 Å². The second-order valence-electron chi connectivity index (χ2n) is 7.68. The van der Waals surface area contributed by atoms with Gasteiger partial charge in [0.05, 0.1) is 12.1 Å². The van der Waals surface area contributed by atoms with Gasteiger partial charge in [0.25, 0.3) is 0 Å². The first-order valence-electron chi connectivity index (χ1n) is 8.05. The van der Waals surface area contributed by atoms with E-state index in [1.54, 1.807) is 0 Å². The molecular weight excluding hydrogens is 252 g/mol. The zero-order valence-corrected chi connectivity index (χ0v) is 13.1. The fourth-order valence-corrected chi connectivity index (χ4v) is 3.52. The lowest BCUT2D eigenvalue weighted by Crippen LogP contribution is -2.42. The van der Waals surface area contributed by atoms with Gasteiger partial charge in [-0.05, 0) is 49.4 Å². The number of β-amino-alcohol motifs (C(OH)–C–C–N with tert-alkyl or cyclic N) is 1. The lowest BCUT2D eigenvalue weighted by atomic mass is 9.70. The molecule has 3 N–H and O–H groups in total. The monoisotopic (exact) mass is 282 g/mol. The van der Waals surface area contributed by atoms with E-state index in [1.807, 2.05) is 0 Å². The minimum atomic E-state index is -0.368. The predicted octanol–water partition coefficient (Wildman–Crippen LogP) is 1.68. The number of nitrogens with one attached hydrogen (secondary N) is 2. The standard InChI is InChI=1S/C16H30N2O2/c1-16(2,3)12-6-4-11(5-7-12)9-18-15(20)14-8-13(19)10-17-14/h11-14,17,19H,4-10H2,1-3H3,(H,18,20). The second kappa shape index (κ2) is 6.44. The van der Waals surface area contributed by atoms with Crippen LogP contribution in [0.5, 0.6) is 0 Å². The van der Waals surface area contributed by atoms with Crippen molar-refractivity contribution in [2.45, 2.75) is 65.0 Å². The molecule has 0 spiro atoms. The fraction of sp³-hybridized carbons (Fsp3) is 0.938. The van der Waals surface area contributed by atoms with Gasteiger partial charge in [0.2, 0.25) is 5.91 Å². The van der Waals surface area contributed by atoms with Crippen LogP contribution < -0.4 is 10.6 Å². The Labute approximate surface area is 122 Å². The summed E-state index contributed by atoms with van der Waals surface area (Å²) in [7, 11) is 0. The maximum absolute atomic E-state index is 12.0. The summed E-state index contributed by atoms with van der Waals surface area (Å²) in [5.74, 6) is 1.50. The van der Waals surface area contributed by atoms with Crippen molar-refractivity contribution in [3.05, 3.63) is 0 Å². The number of hydrogen-bond donors (Lipinski definition) is 3. The lowest BCUT2D eigenvalue weighted by molar-refractivity contribution is -0.123. The summed E-state index contributed by atoms with van der Waals surface area (Å²) in [6.45, 7) is 8.32. The van der Waals surface area contributed by atoms with Crippen LogP contribution in [0, 0.1) is 17.3 Å². The van der Waals surface area contributed by atoms with Gasteiger partial charge in [-0.3, -0.25) is 4.79 Å². The van der Waals surface area contributed by atoms with Crippen LogP contribution in [0.1, 0.15) is 52.9 Å². The normalized spacial score (nSPS) is 35.0. The van der Waals surface area contributed by atoms with Gasteiger partial charge in [-0.25, -0.2) is 0 Å². The average molecular weight is 282 g/mol. The number of carbonyl (C=O) groups excluding carboxylic acids is 1. The molecule has 116 valence electrons. The zero-order chi connectivity index (χ0) is 14.8. The van der Waals surface area contributed by atoms with Gasteiger partial charge in [-0.1, -0.05) is 20.8 Å². The van der Waals surface area contributed by atoms with Gasteiger partial charge in [0.1, 0.15) is 0 Å². The van der Waals surface area contributed by atoms with Crippen LogP contribution >= 0.6 is 0 Å². The van der Waals surface area contributed by atoms with Crippen LogP contribution in [0.2, 0.25) is 0 Å². The first-order valence-corrected chi connectivity index (χ1v) is 8.05. The zero-order valence-electron chi connectivity index (χ0n) is 13.1. The first kappa shape index (κ1) is 15.8. The first-order chi connectivity index (χ1) is 9.36. The van der Waals surface area contributed by atoms with E-state index in [9.17, 15) is 9.90 Å². The molecule has 0 radical (unpaired) electrons. The molecule has 1 aliphatic heterocycles. The van der Waals surface area contributed by atoms with Gasteiger partial charge in [0.15, 0.2) is 0 Å². The minimum absolute atomic E-state index is 0.0551. The Morgan fingerprint density at radius 1 is 1.25 bits per heavy atom. The number of hydrogen-bond acceptors (Lipinski definition) is 3. The molecule has 20 heavy (non-hydrogen) atoms. The maximum atomic E-state index is 12.0. The molecule has 1 heterocycles. The highest BCUT2D eigenvalue weighted by Crippen LogP contribution is 2.39. The van der Waals surface area contributed by atoms with Crippen LogP contribution in [0.3, 0.4) is 0 Å².